The molecule has 0 spiro atoms. The molecule has 0 aromatic carbocycles. The Labute approximate surface area is 130 Å². The Morgan fingerprint density at radius 2 is 1.82 bits per heavy atom. The molecule has 0 aromatic rings. The third-order valence-corrected chi connectivity index (χ3v) is 4.36. The first-order chi connectivity index (χ1) is 10.3. The van der Waals surface area contributed by atoms with Gasteiger partial charge in [-0.15, -0.1) is 0 Å². The maximum absolute atomic E-state index is 12.1. The number of carbonyl (C=O) groups excluding carboxylic acids is 4. The Bertz CT molecular complexity index is 503. The normalized spacial score (nSPS) is 26.1. The third kappa shape index (κ3) is 3.13. The van der Waals surface area contributed by atoms with Crippen molar-refractivity contribution in [2.75, 3.05) is 6.54 Å². The lowest BCUT2D eigenvalue weighted by Crippen LogP contribution is -2.47. The molecule has 122 valence electrons. The van der Waals surface area contributed by atoms with Crippen LogP contribution in [0.5, 0.6) is 0 Å². The minimum atomic E-state index is -0.925. The predicted molar refractivity (Wildman–Crippen MR) is 78.7 cm³/mol. The Hall–Kier alpha value is -1.92. The van der Waals surface area contributed by atoms with E-state index in [4.69, 9.17) is 0 Å². The summed E-state index contributed by atoms with van der Waals surface area (Å²) in [6.07, 6.45) is 4.20. The fourth-order valence-corrected chi connectivity index (χ4v) is 3.04. The molecule has 1 saturated carbocycles. The summed E-state index contributed by atoms with van der Waals surface area (Å²) in [5.41, 5.74) is 0. The van der Waals surface area contributed by atoms with Crippen molar-refractivity contribution in [3.05, 3.63) is 0 Å². The van der Waals surface area contributed by atoms with Crippen LogP contribution in [-0.4, -0.2) is 52.2 Å². The SMILES string of the molecule is CC(C)N1C(=O)C(=O)N(CC(=O)N[C@@H]2CCCC[C@@H]2C)C1=O. The van der Waals surface area contributed by atoms with Gasteiger partial charge in [-0.25, -0.2) is 9.69 Å². The number of imide groups is 2. The summed E-state index contributed by atoms with van der Waals surface area (Å²) in [4.78, 5) is 49.4. The fourth-order valence-electron chi connectivity index (χ4n) is 3.04. The molecule has 0 radical (unpaired) electrons. The van der Waals surface area contributed by atoms with Gasteiger partial charge in [0.15, 0.2) is 0 Å². The van der Waals surface area contributed by atoms with E-state index in [1.165, 1.54) is 0 Å². The van der Waals surface area contributed by atoms with E-state index in [1.54, 1.807) is 13.8 Å². The van der Waals surface area contributed by atoms with Crippen LogP contribution in [0.1, 0.15) is 46.5 Å². The van der Waals surface area contributed by atoms with Gasteiger partial charge in [-0.05, 0) is 32.6 Å². The molecular formula is C15H23N3O4. The van der Waals surface area contributed by atoms with Crippen molar-refractivity contribution < 1.29 is 19.2 Å². The summed E-state index contributed by atoms with van der Waals surface area (Å²) in [6, 6.07) is -1.04. The zero-order chi connectivity index (χ0) is 16.4. The molecular weight excluding hydrogens is 286 g/mol. The van der Waals surface area contributed by atoms with Gasteiger partial charge in [-0.2, -0.15) is 0 Å². The zero-order valence-electron chi connectivity index (χ0n) is 13.3. The van der Waals surface area contributed by atoms with Crippen molar-refractivity contribution in [1.82, 2.24) is 15.1 Å². The van der Waals surface area contributed by atoms with Gasteiger partial charge in [0, 0.05) is 12.1 Å². The lowest BCUT2D eigenvalue weighted by Gasteiger charge is -2.29. The van der Waals surface area contributed by atoms with Crippen molar-refractivity contribution in [2.24, 2.45) is 5.92 Å². The van der Waals surface area contributed by atoms with Crippen LogP contribution in [0.2, 0.25) is 0 Å². The van der Waals surface area contributed by atoms with Crippen molar-refractivity contribution in [3.8, 4) is 0 Å². The number of rotatable bonds is 4. The van der Waals surface area contributed by atoms with E-state index >= 15 is 0 Å². The summed E-state index contributed by atoms with van der Waals surface area (Å²) in [6.45, 7) is 4.99. The van der Waals surface area contributed by atoms with E-state index in [0.29, 0.717) is 5.92 Å². The first-order valence-electron chi connectivity index (χ1n) is 7.81. The number of amides is 5. The molecule has 2 aliphatic rings. The van der Waals surface area contributed by atoms with Crippen LogP contribution in [0.4, 0.5) is 4.79 Å². The van der Waals surface area contributed by atoms with Crippen LogP contribution >= 0.6 is 0 Å². The highest BCUT2D eigenvalue weighted by Gasteiger charge is 2.46. The minimum Gasteiger partial charge on any atom is -0.352 e. The molecule has 0 bridgehead atoms. The third-order valence-electron chi connectivity index (χ3n) is 4.36. The summed E-state index contributed by atoms with van der Waals surface area (Å²) in [5, 5.41) is 2.88. The van der Waals surface area contributed by atoms with E-state index < -0.39 is 30.4 Å². The topological polar surface area (TPSA) is 86.8 Å². The van der Waals surface area contributed by atoms with E-state index in [9.17, 15) is 19.2 Å². The maximum atomic E-state index is 12.1. The molecule has 2 atom stereocenters. The van der Waals surface area contributed by atoms with Crippen molar-refractivity contribution >= 4 is 23.8 Å². The monoisotopic (exact) mass is 309 g/mol. The van der Waals surface area contributed by atoms with E-state index in [0.717, 1.165) is 35.5 Å². The summed E-state index contributed by atoms with van der Waals surface area (Å²) >= 11 is 0. The number of nitrogens with zero attached hydrogens (tertiary/aromatic N) is 2. The molecule has 1 aliphatic carbocycles. The molecule has 1 saturated heterocycles. The van der Waals surface area contributed by atoms with Crippen molar-refractivity contribution in [1.29, 1.82) is 0 Å². The number of nitrogens with one attached hydrogen (secondary N) is 1. The second-order valence-corrected chi connectivity index (χ2v) is 6.38. The van der Waals surface area contributed by atoms with Gasteiger partial charge < -0.3 is 5.32 Å². The van der Waals surface area contributed by atoms with Crippen LogP contribution in [-0.2, 0) is 14.4 Å². The highest BCUT2D eigenvalue weighted by Crippen LogP contribution is 2.23. The molecule has 7 nitrogen and oxygen atoms in total. The standard InChI is InChI=1S/C15H23N3O4/c1-9(2)18-14(21)13(20)17(15(18)22)8-12(19)16-11-7-5-4-6-10(11)3/h9-11H,4-8H2,1-3H3,(H,16,19)/t10-,11+/m0/s1. The van der Waals surface area contributed by atoms with Gasteiger partial charge in [0.1, 0.15) is 6.54 Å². The predicted octanol–water partition coefficient (Wildman–Crippen LogP) is 0.880. The molecule has 1 heterocycles. The molecule has 0 unspecified atom stereocenters. The Morgan fingerprint density at radius 1 is 1.18 bits per heavy atom. The first kappa shape index (κ1) is 16.5. The molecule has 2 rings (SSSR count). The molecule has 1 aliphatic heterocycles. The Morgan fingerprint density at radius 3 is 2.36 bits per heavy atom. The van der Waals surface area contributed by atoms with Crippen LogP contribution in [0.15, 0.2) is 0 Å². The number of carbonyl (C=O) groups is 4. The fraction of sp³-hybridized carbons (Fsp3) is 0.733. The Balaban J connectivity index is 1.98. The highest BCUT2D eigenvalue weighted by atomic mass is 16.2. The molecule has 0 aromatic heterocycles. The van der Waals surface area contributed by atoms with Crippen molar-refractivity contribution in [2.45, 2.75) is 58.5 Å². The van der Waals surface area contributed by atoms with Gasteiger partial charge in [0.05, 0.1) is 0 Å². The number of hydrogen-bond donors (Lipinski definition) is 1. The number of hydrogen-bond acceptors (Lipinski definition) is 4. The van der Waals surface area contributed by atoms with E-state index in [1.807, 2.05) is 0 Å². The summed E-state index contributed by atoms with van der Waals surface area (Å²) in [5.74, 6) is -1.79. The average Bonchev–Trinajstić information content (AvgIpc) is 2.65. The highest BCUT2D eigenvalue weighted by molar-refractivity contribution is 6.45. The second-order valence-electron chi connectivity index (χ2n) is 6.38. The largest absolute Gasteiger partial charge is 0.352 e. The lowest BCUT2D eigenvalue weighted by atomic mass is 9.86. The molecule has 22 heavy (non-hydrogen) atoms. The van der Waals surface area contributed by atoms with Crippen LogP contribution in [0.25, 0.3) is 0 Å². The van der Waals surface area contributed by atoms with Gasteiger partial charge in [-0.3, -0.25) is 19.3 Å². The molecule has 1 N–H and O–H groups in total. The molecule has 5 amide bonds. The molecule has 7 heteroatoms. The van der Waals surface area contributed by atoms with Crippen LogP contribution < -0.4 is 5.32 Å². The quantitative estimate of drug-likeness (QED) is 0.617. The second kappa shape index (κ2) is 6.46. The first-order valence-corrected chi connectivity index (χ1v) is 7.81. The molecule has 2 fully saturated rings. The van der Waals surface area contributed by atoms with E-state index in [-0.39, 0.29) is 11.9 Å². The summed E-state index contributed by atoms with van der Waals surface area (Å²) < 4.78 is 0. The van der Waals surface area contributed by atoms with Crippen LogP contribution in [0, 0.1) is 5.92 Å². The van der Waals surface area contributed by atoms with E-state index in [2.05, 4.69) is 12.2 Å². The lowest BCUT2D eigenvalue weighted by molar-refractivity contribution is -0.144. The van der Waals surface area contributed by atoms with Gasteiger partial charge in [0.2, 0.25) is 5.91 Å². The van der Waals surface area contributed by atoms with Gasteiger partial charge in [-0.1, -0.05) is 19.8 Å². The zero-order valence-corrected chi connectivity index (χ0v) is 13.3. The Kier molecular flexibility index (Phi) is 4.83. The maximum Gasteiger partial charge on any atom is 0.334 e. The van der Waals surface area contributed by atoms with Crippen LogP contribution in [0.3, 0.4) is 0 Å². The summed E-state index contributed by atoms with van der Waals surface area (Å²) in [7, 11) is 0. The van der Waals surface area contributed by atoms with Gasteiger partial charge >= 0.3 is 17.8 Å². The van der Waals surface area contributed by atoms with Gasteiger partial charge in [0.25, 0.3) is 0 Å². The minimum absolute atomic E-state index is 0.0750. The number of urea groups is 1. The van der Waals surface area contributed by atoms with Crippen molar-refractivity contribution in [3.63, 3.8) is 0 Å². The smallest absolute Gasteiger partial charge is 0.334 e. The average molecular weight is 309 g/mol.